The molecule has 2 rings (SSSR count). The Morgan fingerprint density at radius 2 is 1.95 bits per heavy atom. The van der Waals surface area contributed by atoms with E-state index in [1.807, 2.05) is 13.8 Å². The van der Waals surface area contributed by atoms with E-state index in [2.05, 4.69) is 41.6 Å². The Morgan fingerprint density at radius 1 is 1.30 bits per heavy atom. The molecule has 0 spiro atoms. The Labute approximate surface area is 137 Å². The second kappa shape index (κ2) is 5.63. The monoisotopic (exact) mass is 439 g/mol. The van der Waals surface area contributed by atoms with Crippen LogP contribution in [0.4, 0.5) is 10.8 Å². The van der Waals surface area contributed by atoms with Gasteiger partial charge in [0.05, 0.1) is 11.4 Å². The average Bonchev–Trinajstić information content (AvgIpc) is 2.54. The first-order valence-corrected chi connectivity index (χ1v) is 9.30. The normalized spacial score (nSPS) is 11.6. The van der Waals surface area contributed by atoms with Gasteiger partial charge in [-0.05, 0) is 41.9 Å². The van der Waals surface area contributed by atoms with Crippen LogP contribution in [0.3, 0.4) is 0 Å². The van der Waals surface area contributed by atoms with Crippen LogP contribution >= 0.6 is 43.2 Å². The maximum atomic E-state index is 12.4. The van der Waals surface area contributed by atoms with E-state index >= 15 is 0 Å². The second-order valence-electron chi connectivity index (χ2n) is 4.07. The van der Waals surface area contributed by atoms with Gasteiger partial charge in [-0.15, -0.1) is 11.3 Å². The summed E-state index contributed by atoms with van der Waals surface area (Å²) < 4.78 is 28.3. The van der Waals surface area contributed by atoms with E-state index in [0.29, 0.717) is 14.1 Å². The highest BCUT2D eigenvalue weighted by molar-refractivity contribution is 9.11. The summed E-state index contributed by atoms with van der Waals surface area (Å²) >= 11 is 7.76. The van der Waals surface area contributed by atoms with Crippen molar-refractivity contribution in [2.24, 2.45) is 0 Å². The fourth-order valence-electron chi connectivity index (χ4n) is 1.55. The minimum Gasteiger partial charge on any atom is -0.398 e. The van der Waals surface area contributed by atoms with E-state index in [0.717, 1.165) is 10.6 Å². The van der Waals surface area contributed by atoms with Gasteiger partial charge >= 0.3 is 0 Å². The molecule has 0 radical (unpaired) electrons. The second-order valence-corrected chi connectivity index (χ2v) is 8.66. The van der Waals surface area contributed by atoms with E-state index in [-0.39, 0.29) is 10.6 Å². The van der Waals surface area contributed by atoms with Crippen LogP contribution in [0.5, 0.6) is 0 Å². The van der Waals surface area contributed by atoms with E-state index in [9.17, 15) is 8.42 Å². The van der Waals surface area contributed by atoms with E-state index in [4.69, 9.17) is 5.73 Å². The van der Waals surface area contributed by atoms with Gasteiger partial charge in [0, 0.05) is 13.8 Å². The zero-order valence-corrected chi connectivity index (χ0v) is 15.4. The first kappa shape index (κ1) is 15.7. The van der Waals surface area contributed by atoms with Crippen LogP contribution in [0.1, 0.15) is 10.6 Å². The third-order valence-corrected chi connectivity index (χ3v) is 6.47. The fraction of sp³-hybridized carbons (Fsp3) is 0.182. The molecule has 5 nitrogen and oxygen atoms in total. The molecule has 1 aromatic heterocycles. The standard InChI is InChI=1S/C11H11Br2N3O2S2/c1-5-6(2)19-11(15-5)16-20(17,18)10-8(13)3-7(12)4-9(10)14/h3-4H,14H2,1-2H3,(H,15,16). The lowest BCUT2D eigenvalue weighted by atomic mass is 10.3. The van der Waals surface area contributed by atoms with Crippen molar-refractivity contribution in [2.45, 2.75) is 18.7 Å². The molecule has 9 heteroatoms. The molecular weight excluding hydrogens is 430 g/mol. The summed E-state index contributed by atoms with van der Waals surface area (Å²) in [6.07, 6.45) is 0. The minimum atomic E-state index is -3.79. The molecule has 0 amide bonds. The summed E-state index contributed by atoms with van der Waals surface area (Å²) in [5, 5.41) is 0.328. The highest BCUT2D eigenvalue weighted by Crippen LogP contribution is 2.33. The molecule has 20 heavy (non-hydrogen) atoms. The quantitative estimate of drug-likeness (QED) is 0.713. The van der Waals surface area contributed by atoms with Crippen LogP contribution in [0.2, 0.25) is 0 Å². The van der Waals surface area contributed by atoms with Crippen LogP contribution in [0, 0.1) is 13.8 Å². The number of rotatable bonds is 3. The lowest BCUT2D eigenvalue weighted by Gasteiger charge is -2.10. The maximum absolute atomic E-state index is 12.4. The van der Waals surface area contributed by atoms with Gasteiger partial charge in [-0.1, -0.05) is 15.9 Å². The molecule has 0 fully saturated rings. The number of nitrogen functional groups attached to an aromatic ring is 1. The van der Waals surface area contributed by atoms with Gasteiger partial charge in [0.1, 0.15) is 4.90 Å². The zero-order valence-electron chi connectivity index (χ0n) is 10.6. The van der Waals surface area contributed by atoms with Crippen LogP contribution < -0.4 is 10.5 Å². The van der Waals surface area contributed by atoms with Gasteiger partial charge in [0.2, 0.25) is 0 Å². The van der Waals surface area contributed by atoms with Gasteiger partial charge in [-0.3, -0.25) is 4.72 Å². The van der Waals surface area contributed by atoms with Crippen molar-refractivity contribution < 1.29 is 8.42 Å². The smallest absolute Gasteiger partial charge is 0.266 e. The molecule has 0 saturated carbocycles. The maximum Gasteiger partial charge on any atom is 0.266 e. The van der Waals surface area contributed by atoms with Crippen molar-refractivity contribution in [2.75, 3.05) is 10.5 Å². The van der Waals surface area contributed by atoms with Crippen molar-refractivity contribution in [1.29, 1.82) is 0 Å². The van der Waals surface area contributed by atoms with Crippen molar-refractivity contribution in [3.63, 3.8) is 0 Å². The van der Waals surface area contributed by atoms with Crippen LogP contribution in [0.15, 0.2) is 26.0 Å². The van der Waals surface area contributed by atoms with E-state index in [1.165, 1.54) is 17.4 Å². The summed E-state index contributed by atoms with van der Waals surface area (Å²) in [6, 6.07) is 3.17. The molecule has 2 aromatic rings. The van der Waals surface area contributed by atoms with Crippen LogP contribution in [-0.2, 0) is 10.0 Å². The number of thiazole rings is 1. The summed E-state index contributed by atoms with van der Waals surface area (Å²) in [5.74, 6) is 0. The summed E-state index contributed by atoms with van der Waals surface area (Å²) in [7, 11) is -3.79. The van der Waals surface area contributed by atoms with Gasteiger partial charge < -0.3 is 5.73 Å². The van der Waals surface area contributed by atoms with Crippen LogP contribution in [-0.4, -0.2) is 13.4 Å². The minimum absolute atomic E-state index is 0.00575. The first-order chi connectivity index (χ1) is 9.20. The molecule has 108 valence electrons. The zero-order chi connectivity index (χ0) is 15.1. The number of hydrogen-bond donors (Lipinski definition) is 2. The van der Waals surface area contributed by atoms with Crippen molar-refractivity contribution in [1.82, 2.24) is 4.98 Å². The first-order valence-electron chi connectivity index (χ1n) is 5.42. The number of nitrogens with one attached hydrogen (secondary N) is 1. The van der Waals surface area contributed by atoms with Gasteiger partial charge in [-0.2, -0.15) is 0 Å². The van der Waals surface area contributed by atoms with Gasteiger partial charge in [0.25, 0.3) is 10.0 Å². The molecule has 0 aliphatic rings. The van der Waals surface area contributed by atoms with E-state index in [1.54, 1.807) is 6.07 Å². The number of anilines is 2. The largest absolute Gasteiger partial charge is 0.398 e. The number of benzene rings is 1. The van der Waals surface area contributed by atoms with Gasteiger partial charge in [0.15, 0.2) is 5.13 Å². The molecule has 3 N–H and O–H groups in total. The Kier molecular flexibility index (Phi) is 4.43. The Bertz CT molecular complexity index is 729. The molecule has 0 aliphatic heterocycles. The number of nitrogens with zero attached hydrogens (tertiary/aromatic N) is 1. The van der Waals surface area contributed by atoms with Gasteiger partial charge in [-0.25, -0.2) is 13.4 Å². The number of aromatic nitrogens is 1. The van der Waals surface area contributed by atoms with Crippen molar-refractivity contribution in [3.05, 3.63) is 31.6 Å². The molecule has 0 unspecified atom stereocenters. The Hall–Kier alpha value is -0.640. The predicted molar refractivity (Wildman–Crippen MR) is 88.7 cm³/mol. The van der Waals surface area contributed by atoms with Crippen molar-refractivity contribution in [3.8, 4) is 0 Å². The molecule has 0 aliphatic carbocycles. The predicted octanol–water partition coefficient (Wildman–Crippen LogP) is 3.67. The van der Waals surface area contributed by atoms with Crippen LogP contribution in [0.25, 0.3) is 0 Å². The molecule has 0 saturated heterocycles. The highest BCUT2D eigenvalue weighted by Gasteiger charge is 2.23. The molecule has 0 atom stereocenters. The fourth-order valence-corrected chi connectivity index (χ4v) is 5.67. The molecular formula is C11H11Br2N3O2S2. The summed E-state index contributed by atoms with van der Waals surface area (Å²) in [5.41, 5.74) is 6.76. The Balaban J connectivity index is 2.46. The number of nitrogens with two attached hydrogens (primary N) is 1. The molecule has 1 heterocycles. The third-order valence-electron chi connectivity index (χ3n) is 2.56. The van der Waals surface area contributed by atoms with Crippen molar-refractivity contribution >= 4 is 64.0 Å². The Morgan fingerprint density at radius 3 is 2.45 bits per heavy atom. The molecule has 1 aromatic carbocycles. The number of aryl methyl sites for hydroxylation is 2. The lowest BCUT2D eigenvalue weighted by molar-refractivity contribution is 0.601. The third kappa shape index (κ3) is 3.16. The number of hydrogen-bond acceptors (Lipinski definition) is 5. The number of halogens is 2. The summed E-state index contributed by atoms with van der Waals surface area (Å²) in [6.45, 7) is 3.71. The summed E-state index contributed by atoms with van der Waals surface area (Å²) in [4.78, 5) is 5.13. The topological polar surface area (TPSA) is 85.1 Å². The SMILES string of the molecule is Cc1nc(NS(=O)(=O)c2c(N)cc(Br)cc2Br)sc1C. The highest BCUT2D eigenvalue weighted by atomic mass is 79.9. The molecule has 0 bridgehead atoms. The average molecular weight is 441 g/mol. The lowest BCUT2D eigenvalue weighted by Crippen LogP contribution is -2.15. The van der Waals surface area contributed by atoms with E-state index < -0.39 is 10.0 Å². The number of sulfonamides is 1.